The van der Waals surface area contributed by atoms with E-state index in [0.29, 0.717) is 26.5 Å². The summed E-state index contributed by atoms with van der Waals surface area (Å²) >= 11 is 3.01. The van der Waals surface area contributed by atoms with E-state index in [1.807, 2.05) is 79.1 Å². The van der Waals surface area contributed by atoms with E-state index in [4.69, 9.17) is 9.73 Å². The highest BCUT2D eigenvalue weighted by Gasteiger charge is 2.35. The van der Waals surface area contributed by atoms with Gasteiger partial charge in [-0.3, -0.25) is 9.36 Å². The molecule has 0 amide bonds. The first kappa shape index (κ1) is 26.9. The van der Waals surface area contributed by atoms with Crippen molar-refractivity contribution in [3.8, 4) is 0 Å². The van der Waals surface area contributed by atoms with Gasteiger partial charge in [0.2, 0.25) is 0 Å². The molecule has 2 heterocycles. The largest absolute Gasteiger partial charge is 0.463 e. The van der Waals surface area contributed by atoms with Crippen LogP contribution in [0, 0.1) is 0 Å². The molecule has 7 heteroatoms. The molecule has 0 bridgehead atoms. The van der Waals surface area contributed by atoms with E-state index in [2.05, 4.69) is 26.0 Å². The first-order chi connectivity index (χ1) is 18.9. The third-order valence-corrected chi connectivity index (χ3v) is 8.43. The maximum atomic E-state index is 14.0. The molecule has 198 valence electrons. The Morgan fingerprint density at radius 3 is 2.36 bits per heavy atom. The number of esters is 1. The van der Waals surface area contributed by atoms with Gasteiger partial charge >= 0.3 is 5.97 Å². The van der Waals surface area contributed by atoms with Crippen LogP contribution >= 0.6 is 23.1 Å². The summed E-state index contributed by atoms with van der Waals surface area (Å²) in [6.45, 7) is 6.28. The van der Waals surface area contributed by atoms with Crippen molar-refractivity contribution in [2.24, 2.45) is 4.99 Å². The molecular formula is C32H30N2O3S2. The van der Waals surface area contributed by atoms with Crippen LogP contribution in [0.5, 0.6) is 0 Å². The minimum Gasteiger partial charge on any atom is -0.463 e. The Labute approximate surface area is 236 Å². The van der Waals surface area contributed by atoms with Gasteiger partial charge in [0.05, 0.1) is 28.5 Å². The fourth-order valence-electron chi connectivity index (χ4n) is 4.67. The molecule has 0 spiro atoms. The van der Waals surface area contributed by atoms with Gasteiger partial charge in [0, 0.05) is 10.5 Å². The molecule has 1 aliphatic rings. The normalized spacial score (nSPS) is 15.3. The summed E-state index contributed by atoms with van der Waals surface area (Å²) in [5.74, 6) is -0.113. The van der Waals surface area contributed by atoms with Crippen LogP contribution in [0.2, 0.25) is 0 Å². The Morgan fingerprint density at radius 2 is 1.74 bits per heavy atom. The van der Waals surface area contributed by atoms with Gasteiger partial charge < -0.3 is 4.74 Å². The second-order valence-electron chi connectivity index (χ2n) is 9.53. The zero-order valence-electron chi connectivity index (χ0n) is 22.4. The fourth-order valence-corrected chi connectivity index (χ4v) is 6.08. The van der Waals surface area contributed by atoms with Gasteiger partial charge in [-0.25, -0.2) is 9.79 Å². The molecule has 3 aromatic carbocycles. The zero-order valence-corrected chi connectivity index (χ0v) is 24.0. The number of thiazole rings is 1. The van der Waals surface area contributed by atoms with Gasteiger partial charge in [-0.1, -0.05) is 91.9 Å². The molecule has 5 rings (SSSR count). The van der Waals surface area contributed by atoms with Gasteiger partial charge in [-0.15, -0.1) is 11.8 Å². The molecule has 4 aromatic rings. The summed E-state index contributed by atoms with van der Waals surface area (Å²) in [7, 11) is 0. The number of nitrogens with zero attached hydrogens (tertiary/aromatic N) is 2. The predicted molar refractivity (Wildman–Crippen MR) is 160 cm³/mol. The number of carbonyl (C=O) groups is 1. The zero-order chi connectivity index (χ0) is 27.5. The number of carbonyl (C=O) groups excluding carboxylic acids is 1. The lowest BCUT2D eigenvalue weighted by atomic mass is 9.91. The van der Waals surface area contributed by atoms with Gasteiger partial charge in [-0.05, 0) is 54.0 Å². The van der Waals surface area contributed by atoms with Crippen molar-refractivity contribution in [1.29, 1.82) is 0 Å². The number of rotatable bonds is 7. The fraction of sp³-hybridized carbons (Fsp3) is 0.219. The van der Waals surface area contributed by atoms with Crippen molar-refractivity contribution in [3.05, 3.63) is 126 Å². The Bertz CT molecular complexity index is 1700. The highest BCUT2D eigenvalue weighted by Crippen LogP contribution is 2.35. The van der Waals surface area contributed by atoms with E-state index in [0.717, 1.165) is 21.6 Å². The SMILES string of the molecule is CCOC(=O)C1=C(c2ccccc2)N=c2s/c(=C\c3ccc(SC)cc3)c(=O)n2[C@@H]1c1ccc(C(C)C)cc1. The van der Waals surface area contributed by atoms with Crippen molar-refractivity contribution in [1.82, 2.24) is 4.57 Å². The van der Waals surface area contributed by atoms with E-state index >= 15 is 0 Å². The van der Waals surface area contributed by atoms with Crippen LogP contribution in [0.15, 0.2) is 99.1 Å². The van der Waals surface area contributed by atoms with Crippen molar-refractivity contribution in [3.63, 3.8) is 0 Å². The van der Waals surface area contributed by atoms with Crippen molar-refractivity contribution in [2.45, 2.75) is 37.6 Å². The first-order valence-electron chi connectivity index (χ1n) is 12.9. The lowest BCUT2D eigenvalue weighted by Gasteiger charge is -2.26. The molecular weight excluding hydrogens is 524 g/mol. The maximum absolute atomic E-state index is 14.0. The number of benzene rings is 3. The molecule has 0 unspecified atom stereocenters. The van der Waals surface area contributed by atoms with Crippen LogP contribution < -0.4 is 14.9 Å². The molecule has 0 aliphatic carbocycles. The standard InChI is InChI=1S/C32H30N2O3S2/c1-5-37-31(36)27-28(23-9-7-6-8-10-23)33-32-34(29(27)24-15-13-22(14-16-24)20(2)3)30(35)26(39-32)19-21-11-17-25(38-4)18-12-21/h6-20,29H,5H2,1-4H3/b26-19-/t29-/m1/s1. The van der Waals surface area contributed by atoms with E-state index in [9.17, 15) is 9.59 Å². The first-order valence-corrected chi connectivity index (χ1v) is 15.0. The number of thioether (sulfide) groups is 1. The quantitative estimate of drug-likeness (QED) is 0.215. The van der Waals surface area contributed by atoms with Crippen LogP contribution in [-0.4, -0.2) is 23.4 Å². The van der Waals surface area contributed by atoms with E-state index in [-0.39, 0.29) is 12.2 Å². The van der Waals surface area contributed by atoms with E-state index < -0.39 is 12.0 Å². The number of hydrogen-bond acceptors (Lipinski definition) is 6. The lowest BCUT2D eigenvalue weighted by molar-refractivity contribution is -0.138. The molecule has 0 N–H and O–H groups in total. The van der Waals surface area contributed by atoms with Gasteiger partial charge in [-0.2, -0.15) is 0 Å². The topological polar surface area (TPSA) is 60.7 Å². The molecule has 1 atom stereocenters. The average Bonchev–Trinajstić information content (AvgIpc) is 3.27. The minimum atomic E-state index is -0.669. The second kappa shape index (κ2) is 11.6. The Morgan fingerprint density at radius 1 is 1.05 bits per heavy atom. The molecule has 39 heavy (non-hydrogen) atoms. The molecule has 1 aliphatic heterocycles. The number of ether oxygens (including phenoxy) is 1. The summed E-state index contributed by atoms with van der Waals surface area (Å²) in [5.41, 5.74) is 4.47. The molecule has 0 saturated carbocycles. The van der Waals surface area contributed by atoms with Crippen LogP contribution in [0.4, 0.5) is 0 Å². The number of fused-ring (bicyclic) bond motifs is 1. The molecule has 5 nitrogen and oxygen atoms in total. The van der Waals surface area contributed by atoms with E-state index in [1.54, 1.807) is 23.3 Å². The van der Waals surface area contributed by atoms with Gasteiger partial charge in [0.1, 0.15) is 0 Å². The van der Waals surface area contributed by atoms with Gasteiger partial charge in [0.25, 0.3) is 5.56 Å². The summed E-state index contributed by atoms with van der Waals surface area (Å²) in [5, 5.41) is 0. The summed E-state index contributed by atoms with van der Waals surface area (Å²) in [6.07, 6.45) is 3.93. The smallest absolute Gasteiger partial charge is 0.338 e. The summed E-state index contributed by atoms with van der Waals surface area (Å²) < 4.78 is 7.76. The molecule has 0 saturated heterocycles. The van der Waals surface area contributed by atoms with E-state index in [1.165, 1.54) is 16.9 Å². The highest BCUT2D eigenvalue weighted by molar-refractivity contribution is 7.98. The van der Waals surface area contributed by atoms with Crippen molar-refractivity contribution in [2.75, 3.05) is 12.9 Å². The lowest BCUT2D eigenvalue weighted by Crippen LogP contribution is -2.40. The highest BCUT2D eigenvalue weighted by atomic mass is 32.2. The number of hydrogen-bond donors (Lipinski definition) is 0. The third-order valence-electron chi connectivity index (χ3n) is 6.71. The van der Waals surface area contributed by atoms with Crippen LogP contribution in [0.3, 0.4) is 0 Å². The average molecular weight is 555 g/mol. The predicted octanol–water partition coefficient (Wildman–Crippen LogP) is 5.78. The minimum absolute atomic E-state index is 0.181. The maximum Gasteiger partial charge on any atom is 0.338 e. The molecule has 1 aromatic heterocycles. The Balaban J connectivity index is 1.78. The number of aromatic nitrogens is 1. The van der Waals surface area contributed by atoms with Crippen LogP contribution in [-0.2, 0) is 9.53 Å². The van der Waals surface area contributed by atoms with Gasteiger partial charge in [0.15, 0.2) is 4.80 Å². The van der Waals surface area contributed by atoms with Crippen molar-refractivity contribution < 1.29 is 9.53 Å². The monoisotopic (exact) mass is 554 g/mol. The van der Waals surface area contributed by atoms with Crippen LogP contribution in [0.1, 0.15) is 55.0 Å². The molecule has 0 fully saturated rings. The van der Waals surface area contributed by atoms with Crippen LogP contribution in [0.25, 0.3) is 11.8 Å². The van der Waals surface area contributed by atoms with Crippen molar-refractivity contribution >= 4 is 40.8 Å². The molecule has 0 radical (unpaired) electrons. The third kappa shape index (κ3) is 5.42. The Hall–Kier alpha value is -3.68. The summed E-state index contributed by atoms with van der Waals surface area (Å²) in [4.78, 5) is 34.2. The summed E-state index contributed by atoms with van der Waals surface area (Å²) in [6, 6.07) is 25.2. The second-order valence-corrected chi connectivity index (χ2v) is 11.4. The Kier molecular flexibility index (Phi) is 8.00.